The molecule has 0 saturated carbocycles. The molecule has 0 aromatic heterocycles. The highest BCUT2D eigenvalue weighted by Crippen LogP contribution is 2.19. The predicted octanol–water partition coefficient (Wildman–Crippen LogP) is 23.4. The van der Waals surface area contributed by atoms with Gasteiger partial charge in [0.05, 0.1) is 0 Å². The third-order valence-electron chi connectivity index (χ3n) is 15.7. The largest absolute Gasteiger partial charge is 0.462 e. The highest BCUT2D eigenvalue weighted by atomic mass is 16.6. The summed E-state index contributed by atoms with van der Waals surface area (Å²) in [7, 11) is 0. The fraction of sp³-hybridized carbons (Fsp3) is 0.900. The molecule has 0 saturated heterocycles. The van der Waals surface area contributed by atoms with Crippen LogP contribution >= 0.6 is 0 Å². The van der Waals surface area contributed by atoms with Crippen LogP contribution in [0.4, 0.5) is 0 Å². The summed E-state index contributed by atoms with van der Waals surface area (Å²) in [5.41, 5.74) is 0. The SMILES string of the molecule is CCCCC/C=C\C/C=C\CCCCCCCCCCCC(=O)OC(COC(=O)CCCCCCCCCCCC)COC(=O)CCCCCCCCCCCCCCCCCCCCCCCCCCCCCCC. The molecule has 76 heavy (non-hydrogen) atoms. The maximum absolute atomic E-state index is 12.9. The Bertz CT molecular complexity index is 1230. The number of rotatable bonds is 64. The summed E-state index contributed by atoms with van der Waals surface area (Å²) < 4.78 is 16.9. The summed E-state index contributed by atoms with van der Waals surface area (Å²) in [5.74, 6) is -0.845. The summed E-state index contributed by atoms with van der Waals surface area (Å²) in [6, 6.07) is 0. The van der Waals surface area contributed by atoms with Crippen LogP contribution < -0.4 is 0 Å². The Kier molecular flexibility index (Phi) is 63.6. The zero-order chi connectivity index (χ0) is 55.0. The molecule has 0 bridgehead atoms. The normalized spacial score (nSPS) is 12.1. The molecule has 0 aromatic carbocycles. The molecular formula is C70H132O6. The molecule has 0 radical (unpaired) electrons. The van der Waals surface area contributed by atoms with Crippen molar-refractivity contribution in [2.24, 2.45) is 0 Å². The Morgan fingerprint density at radius 2 is 0.474 bits per heavy atom. The van der Waals surface area contributed by atoms with E-state index >= 15 is 0 Å². The van der Waals surface area contributed by atoms with E-state index in [4.69, 9.17) is 14.2 Å². The van der Waals surface area contributed by atoms with Gasteiger partial charge in [-0.05, 0) is 51.4 Å². The minimum absolute atomic E-state index is 0.0670. The summed E-state index contributed by atoms with van der Waals surface area (Å²) >= 11 is 0. The fourth-order valence-electron chi connectivity index (χ4n) is 10.5. The molecule has 0 spiro atoms. The smallest absolute Gasteiger partial charge is 0.306 e. The first-order valence-corrected chi connectivity index (χ1v) is 34.3. The Balaban J connectivity index is 4.10. The zero-order valence-corrected chi connectivity index (χ0v) is 51.6. The Hall–Kier alpha value is -2.11. The fourth-order valence-corrected chi connectivity index (χ4v) is 10.5. The van der Waals surface area contributed by atoms with E-state index in [1.165, 1.54) is 283 Å². The zero-order valence-electron chi connectivity index (χ0n) is 51.6. The average molecular weight is 1070 g/mol. The van der Waals surface area contributed by atoms with Crippen molar-refractivity contribution in [2.45, 2.75) is 393 Å². The first kappa shape index (κ1) is 73.9. The second kappa shape index (κ2) is 65.4. The monoisotopic (exact) mass is 1070 g/mol. The van der Waals surface area contributed by atoms with Crippen molar-refractivity contribution in [3.8, 4) is 0 Å². The van der Waals surface area contributed by atoms with E-state index < -0.39 is 6.10 Å². The number of unbranched alkanes of at least 4 members (excludes halogenated alkanes) is 49. The van der Waals surface area contributed by atoms with Gasteiger partial charge in [-0.15, -0.1) is 0 Å². The van der Waals surface area contributed by atoms with Crippen LogP contribution in [-0.2, 0) is 28.6 Å². The van der Waals surface area contributed by atoms with Crippen LogP contribution in [0.15, 0.2) is 24.3 Å². The maximum Gasteiger partial charge on any atom is 0.306 e. The molecule has 0 aromatic rings. The molecule has 0 heterocycles. The molecule has 1 atom stereocenters. The highest BCUT2D eigenvalue weighted by molar-refractivity contribution is 5.71. The Labute approximate surface area is 474 Å². The van der Waals surface area contributed by atoms with Crippen LogP contribution in [-0.4, -0.2) is 37.2 Å². The van der Waals surface area contributed by atoms with Crippen LogP contribution in [0.3, 0.4) is 0 Å². The van der Waals surface area contributed by atoms with Gasteiger partial charge in [-0.2, -0.15) is 0 Å². The van der Waals surface area contributed by atoms with Gasteiger partial charge in [0, 0.05) is 19.3 Å². The summed E-state index contributed by atoms with van der Waals surface area (Å²) in [6.45, 7) is 6.67. The number of carbonyl (C=O) groups excluding carboxylic acids is 3. The van der Waals surface area contributed by atoms with E-state index in [1.807, 2.05) is 0 Å². The molecule has 0 aliphatic heterocycles. The quantitative estimate of drug-likeness (QED) is 0.0261. The standard InChI is InChI=1S/C70H132O6/c1-4-7-10-13-16-19-22-24-26-28-30-31-32-33-34-35-36-37-38-39-41-42-44-46-48-51-54-57-60-63-69(72)75-66-67(65-74-68(71)62-59-56-53-50-21-18-15-12-9-6-3)76-70(73)64-61-58-55-52-49-47-45-43-40-29-27-25-23-20-17-14-11-8-5-2/h17,20,25,27,67H,4-16,18-19,21-24,26,28-66H2,1-3H3/b20-17-,27-25-. The van der Waals surface area contributed by atoms with E-state index in [1.54, 1.807) is 0 Å². The van der Waals surface area contributed by atoms with Crippen molar-refractivity contribution in [1.29, 1.82) is 0 Å². The minimum atomic E-state index is -0.769. The van der Waals surface area contributed by atoms with Gasteiger partial charge in [-0.3, -0.25) is 14.4 Å². The number of hydrogen-bond acceptors (Lipinski definition) is 6. The predicted molar refractivity (Wildman–Crippen MR) is 330 cm³/mol. The lowest BCUT2D eigenvalue weighted by molar-refractivity contribution is -0.167. The maximum atomic E-state index is 12.9. The lowest BCUT2D eigenvalue weighted by atomic mass is 10.0. The molecule has 1 unspecified atom stereocenters. The third-order valence-corrected chi connectivity index (χ3v) is 15.7. The van der Waals surface area contributed by atoms with Crippen LogP contribution in [0, 0.1) is 0 Å². The first-order valence-electron chi connectivity index (χ1n) is 34.3. The molecule has 0 aliphatic rings. The highest BCUT2D eigenvalue weighted by Gasteiger charge is 2.19. The lowest BCUT2D eigenvalue weighted by Crippen LogP contribution is -2.30. The molecule has 448 valence electrons. The molecule has 0 N–H and O–H groups in total. The summed E-state index contributed by atoms with van der Waals surface area (Å²) in [4.78, 5) is 38.3. The number of esters is 3. The van der Waals surface area contributed by atoms with Crippen molar-refractivity contribution >= 4 is 17.9 Å². The van der Waals surface area contributed by atoms with Gasteiger partial charge in [0.2, 0.25) is 0 Å². The summed E-state index contributed by atoms with van der Waals surface area (Å²) in [6.07, 6.45) is 79.3. The average Bonchev–Trinajstić information content (AvgIpc) is 3.42. The van der Waals surface area contributed by atoms with Gasteiger partial charge in [0.1, 0.15) is 13.2 Å². The number of allylic oxidation sites excluding steroid dienone is 4. The van der Waals surface area contributed by atoms with Crippen LogP contribution in [0.5, 0.6) is 0 Å². The topological polar surface area (TPSA) is 78.9 Å². The van der Waals surface area contributed by atoms with Crippen molar-refractivity contribution in [1.82, 2.24) is 0 Å². The molecule has 0 rings (SSSR count). The van der Waals surface area contributed by atoms with Gasteiger partial charge in [-0.1, -0.05) is 340 Å². The van der Waals surface area contributed by atoms with Gasteiger partial charge in [0.25, 0.3) is 0 Å². The molecule has 6 heteroatoms. The van der Waals surface area contributed by atoms with Crippen LogP contribution in [0.25, 0.3) is 0 Å². The number of carbonyl (C=O) groups is 3. The minimum Gasteiger partial charge on any atom is -0.462 e. The van der Waals surface area contributed by atoms with Gasteiger partial charge < -0.3 is 14.2 Å². The first-order chi connectivity index (χ1) is 37.5. The van der Waals surface area contributed by atoms with E-state index in [0.717, 1.165) is 64.2 Å². The number of hydrogen-bond donors (Lipinski definition) is 0. The van der Waals surface area contributed by atoms with Crippen LogP contribution in [0.2, 0.25) is 0 Å². The molecule has 6 nitrogen and oxygen atoms in total. The molecule has 0 aliphatic carbocycles. The van der Waals surface area contributed by atoms with E-state index in [9.17, 15) is 14.4 Å². The second-order valence-electron chi connectivity index (χ2n) is 23.5. The van der Waals surface area contributed by atoms with Crippen molar-refractivity contribution in [3.05, 3.63) is 24.3 Å². The molecular weight excluding hydrogens is 937 g/mol. The Morgan fingerprint density at radius 3 is 0.750 bits per heavy atom. The summed E-state index contributed by atoms with van der Waals surface area (Å²) in [5, 5.41) is 0. The van der Waals surface area contributed by atoms with Gasteiger partial charge >= 0.3 is 17.9 Å². The lowest BCUT2D eigenvalue weighted by Gasteiger charge is -2.18. The van der Waals surface area contributed by atoms with E-state index in [-0.39, 0.29) is 31.1 Å². The number of ether oxygens (including phenoxy) is 3. The van der Waals surface area contributed by atoms with Gasteiger partial charge in [-0.25, -0.2) is 0 Å². The van der Waals surface area contributed by atoms with Crippen molar-refractivity contribution in [3.63, 3.8) is 0 Å². The Morgan fingerprint density at radius 1 is 0.263 bits per heavy atom. The molecule has 0 fully saturated rings. The molecule has 0 amide bonds. The van der Waals surface area contributed by atoms with Crippen LogP contribution in [0.1, 0.15) is 387 Å². The van der Waals surface area contributed by atoms with Gasteiger partial charge in [0.15, 0.2) is 6.10 Å². The second-order valence-corrected chi connectivity index (χ2v) is 23.5. The van der Waals surface area contributed by atoms with E-state index in [2.05, 4.69) is 45.1 Å². The van der Waals surface area contributed by atoms with Crippen molar-refractivity contribution in [2.75, 3.05) is 13.2 Å². The third kappa shape index (κ3) is 62.7. The van der Waals surface area contributed by atoms with E-state index in [0.29, 0.717) is 19.3 Å². The van der Waals surface area contributed by atoms with Crippen molar-refractivity contribution < 1.29 is 28.6 Å².